The standard InChI is InChI=1S/C14H30O14P2S/c1-2-3-4-5-6-7-8-31(24,25)28-14-10(16)12(26-29(18,19)20)9(15)13(11(14)17)27-30(21,22)23/h9-17H,2-8H2,1H3,(H2,18,19,20)(H2,21,22,23)/t9?,10-,11-,12-,13+,14?/m1/s1. The van der Waals surface area contributed by atoms with Crippen LogP contribution in [-0.4, -0.2) is 85.7 Å². The van der Waals surface area contributed by atoms with Gasteiger partial charge in [0.05, 0.1) is 5.75 Å². The maximum atomic E-state index is 12.2. The summed E-state index contributed by atoms with van der Waals surface area (Å²) in [6, 6.07) is 0. The Labute approximate surface area is 179 Å². The third-order valence-electron chi connectivity index (χ3n) is 4.54. The third kappa shape index (κ3) is 10.2. The fraction of sp³-hybridized carbons (Fsp3) is 1.00. The Morgan fingerprint density at radius 3 is 1.52 bits per heavy atom. The van der Waals surface area contributed by atoms with Gasteiger partial charge in [0.1, 0.15) is 36.6 Å². The molecule has 1 aliphatic carbocycles. The van der Waals surface area contributed by atoms with E-state index in [4.69, 9.17) is 23.8 Å². The first-order valence-electron chi connectivity index (χ1n) is 9.51. The fourth-order valence-corrected chi connectivity index (χ4v) is 5.48. The van der Waals surface area contributed by atoms with Crippen molar-refractivity contribution in [3.05, 3.63) is 0 Å². The van der Waals surface area contributed by atoms with Crippen LogP contribution in [0.4, 0.5) is 0 Å². The van der Waals surface area contributed by atoms with Crippen LogP contribution in [0.1, 0.15) is 45.4 Å². The maximum Gasteiger partial charge on any atom is 0.470 e. The van der Waals surface area contributed by atoms with Crippen molar-refractivity contribution in [2.24, 2.45) is 0 Å². The van der Waals surface area contributed by atoms with Crippen LogP contribution in [0.5, 0.6) is 0 Å². The monoisotopic (exact) mass is 516 g/mol. The minimum atomic E-state index is -5.37. The Morgan fingerprint density at radius 2 is 1.10 bits per heavy atom. The lowest BCUT2D eigenvalue weighted by Gasteiger charge is -2.44. The van der Waals surface area contributed by atoms with Crippen LogP contribution in [0, 0.1) is 0 Å². The van der Waals surface area contributed by atoms with Gasteiger partial charge >= 0.3 is 15.6 Å². The largest absolute Gasteiger partial charge is 0.470 e. The molecule has 186 valence electrons. The molecule has 0 radical (unpaired) electrons. The highest BCUT2D eigenvalue weighted by molar-refractivity contribution is 7.86. The third-order valence-corrected chi connectivity index (χ3v) is 6.88. The Bertz CT molecular complexity index is 710. The van der Waals surface area contributed by atoms with Crippen LogP contribution >= 0.6 is 15.6 Å². The Balaban J connectivity index is 2.98. The van der Waals surface area contributed by atoms with E-state index in [0.717, 1.165) is 25.7 Å². The van der Waals surface area contributed by atoms with Gasteiger partial charge in [-0.25, -0.2) is 9.13 Å². The Hall–Kier alpha value is 0.01000. The second-order valence-electron chi connectivity index (χ2n) is 7.18. The summed E-state index contributed by atoms with van der Waals surface area (Å²) in [5, 5.41) is 30.6. The lowest BCUT2D eigenvalue weighted by Crippen LogP contribution is -2.65. The molecule has 14 nitrogen and oxygen atoms in total. The molecule has 0 aromatic heterocycles. The maximum absolute atomic E-state index is 12.2. The summed E-state index contributed by atoms with van der Waals surface area (Å²) in [5.41, 5.74) is 0. The van der Waals surface area contributed by atoms with E-state index in [1.807, 2.05) is 6.92 Å². The van der Waals surface area contributed by atoms with E-state index in [0.29, 0.717) is 6.42 Å². The van der Waals surface area contributed by atoms with E-state index in [1.54, 1.807) is 0 Å². The quantitative estimate of drug-likeness (QED) is 0.0893. The molecule has 0 amide bonds. The van der Waals surface area contributed by atoms with E-state index in [1.165, 1.54) is 0 Å². The molecule has 1 rings (SSSR count). The fourth-order valence-electron chi connectivity index (χ4n) is 3.12. The molecule has 0 aliphatic heterocycles. The van der Waals surface area contributed by atoms with Gasteiger partial charge in [0.25, 0.3) is 10.1 Å². The molecule has 0 bridgehead atoms. The number of unbranched alkanes of at least 4 members (excludes halogenated alkanes) is 5. The van der Waals surface area contributed by atoms with Crippen molar-refractivity contribution >= 4 is 25.8 Å². The Kier molecular flexibility index (Phi) is 11.2. The number of hydrogen-bond donors (Lipinski definition) is 7. The molecule has 31 heavy (non-hydrogen) atoms. The predicted molar refractivity (Wildman–Crippen MR) is 104 cm³/mol. The number of phosphoric ester groups is 2. The molecule has 6 atom stereocenters. The van der Waals surface area contributed by atoms with E-state index in [-0.39, 0.29) is 6.42 Å². The van der Waals surface area contributed by atoms with E-state index in [2.05, 4.69) is 9.05 Å². The second kappa shape index (κ2) is 11.9. The lowest BCUT2D eigenvalue weighted by atomic mass is 9.85. The van der Waals surface area contributed by atoms with E-state index in [9.17, 15) is 32.9 Å². The van der Waals surface area contributed by atoms with Crippen molar-refractivity contribution < 1.29 is 65.7 Å². The highest BCUT2D eigenvalue weighted by Gasteiger charge is 2.55. The van der Waals surface area contributed by atoms with Crippen molar-refractivity contribution in [3.8, 4) is 0 Å². The van der Waals surface area contributed by atoms with Gasteiger partial charge in [0, 0.05) is 0 Å². The molecule has 2 unspecified atom stereocenters. The summed E-state index contributed by atoms with van der Waals surface area (Å²) in [6.07, 6.45) is -9.29. The molecule has 0 aromatic carbocycles. The van der Waals surface area contributed by atoms with Crippen molar-refractivity contribution in [2.45, 2.75) is 82.1 Å². The zero-order valence-corrected chi connectivity index (χ0v) is 19.3. The first-order valence-corrected chi connectivity index (χ1v) is 14.1. The van der Waals surface area contributed by atoms with E-state index >= 15 is 0 Å². The average molecular weight is 516 g/mol. The van der Waals surface area contributed by atoms with Gasteiger partial charge in [0.2, 0.25) is 0 Å². The van der Waals surface area contributed by atoms with Crippen LogP contribution in [0.2, 0.25) is 0 Å². The lowest BCUT2D eigenvalue weighted by molar-refractivity contribution is -0.208. The molecule has 17 heteroatoms. The first-order chi connectivity index (χ1) is 14.1. The smallest absolute Gasteiger partial charge is 0.387 e. The number of rotatable bonds is 13. The SMILES string of the molecule is CCCCCCCCS(=O)(=O)OC1[C@H](O)[C@H](OP(=O)(O)O)C(O)[C@H](OP(=O)(O)O)[C@H]1O. The van der Waals surface area contributed by atoms with Crippen molar-refractivity contribution in [3.63, 3.8) is 0 Å². The van der Waals surface area contributed by atoms with Crippen LogP contribution in [-0.2, 0) is 32.5 Å². The molecule has 0 aromatic rings. The summed E-state index contributed by atoms with van der Waals surface area (Å²) in [7, 11) is -15.1. The molecular formula is C14H30O14P2S. The second-order valence-corrected chi connectivity index (χ2v) is 11.3. The average Bonchev–Trinajstić information content (AvgIpc) is 2.61. The topological polar surface area (TPSA) is 238 Å². The van der Waals surface area contributed by atoms with E-state index < -0.39 is 68.1 Å². The predicted octanol–water partition coefficient (Wildman–Crippen LogP) is -0.886. The van der Waals surface area contributed by atoms with Gasteiger partial charge < -0.3 is 34.9 Å². The van der Waals surface area contributed by atoms with Gasteiger partial charge in [-0.1, -0.05) is 39.0 Å². The molecule has 0 heterocycles. The van der Waals surface area contributed by atoms with Crippen LogP contribution in [0.25, 0.3) is 0 Å². The zero-order chi connectivity index (χ0) is 24.0. The number of phosphoric acid groups is 2. The minimum Gasteiger partial charge on any atom is -0.387 e. The number of aliphatic hydroxyl groups excluding tert-OH is 3. The molecule has 1 saturated carbocycles. The van der Waals surface area contributed by atoms with Crippen LogP contribution < -0.4 is 0 Å². The first kappa shape index (κ1) is 29.0. The summed E-state index contributed by atoms with van der Waals surface area (Å²) in [6.45, 7) is 2.02. The van der Waals surface area contributed by atoms with Crippen molar-refractivity contribution in [2.75, 3.05) is 5.75 Å². The number of hydrogen-bond acceptors (Lipinski definition) is 10. The molecule has 0 spiro atoms. The Morgan fingerprint density at radius 1 is 0.710 bits per heavy atom. The van der Waals surface area contributed by atoms with Gasteiger partial charge in [-0.3, -0.25) is 13.2 Å². The van der Waals surface area contributed by atoms with Crippen molar-refractivity contribution in [1.82, 2.24) is 0 Å². The van der Waals surface area contributed by atoms with Gasteiger partial charge in [-0.15, -0.1) is 0 Å². The minimum absolute atomic E-state index is 0.193. The molecule has 1 aliphatic rings. The summed E-state index contributed by atoms with van der Waals surface area (Å²) in [4.78, 5) is 35.9. The molecule has 7 N–H and O–H groups in total. The van der Waals surface area contributed by atoms with Crippen molar-refractivity contribution in [1.29, 1.82) is 0 Å². The van der Waals surface area contributed by atoms with Crippen LogP contribution in [0.3, 0.4) is 0 Å². The summed E-state index contributed by atoms with van der Waals surface area (Å²) >= 11 is 0. The molecule has 1 fully saturated rings. The van der Waals surface area contributed by atoms with Gasteiger partial charge in [0.15, 0.2) is 0 Å². The number of aliphatic hydroxyl groups is 3. The highest BCUT2D eigenvalue weighted by Crippen LogP contribution is 2.46. The molecule has 0 saturated heterocycles. The van der Waals surface area contributed by atoms with Gasteiger partial charge in [-0.05, 0) is 6.42 Å². The summed E-state index contributed by atoms with van der Waals surface area (Å²) in [5.74, 6) is -0.508. The zero-order valence-electron chi connectivity index (χ0n) is 16.7. The van der Waals surface area contributed by atoms with Gasteiger partial charge in [-0.2, -0.15) is 8.42 Å². The molecular weight excluding hydrogens is 486 g/mol. The summed E-state index contributed by atoms with van der Waals surface area (Å²) < 4.78 is 60.0. The highest BCUT2D eigenvalue weighted by atomic mass is 32.2. The van der Waals surface area contributed by atoms with Crippen LogP contribution in [0.15, 0.2) is 0 Å². The normalized spacial score (nSPS) is 30.5.